The Morgan fingerprint density at radius 1 is 1.32 bits per heavy atom. The topological polar surface area (TPSA) is 49.8 Å². The molecular weight excluding hydrogens is 273 g/mol. The van der Waals surface area contributed by atoms with Crippen molar-refractivity contribution in [2.24, 2.45) is 0 Å². The van der Waals surface area contributed by atoms with Crippen LogP contribution in [0.15, 0.2) is 24.3 Å². The molecule has 0 bridgehead atoms. The van der Waals surface area contributed by atoms with Gasteiger partial charge in [-0.25, -0.2) is 4.39 Å². The summed E-state index contributed by atoms with van der Waals surface area (Å²) in [5.74, 6) is -0.426. The molecule has 0 spiro atoms. The van der Waals surface area contributed by atoms with Crippen molar-refractivity contribution in [1.29, 1.82) is 0 Å². The van der Waals surface area contributed by atoms with Gasteiger partial charge in [-0.15, -0.1) is 12.4 Å². The summed E-state index contributed by atoms with van der Waals surface area (Å²) < 4.78 is 18.0. The molecule has 0 aromatic heterocycles. The SMILES string of the molecule is CN(CCCOc1ccc(F)cc1)CCC(=O)O.Cl. The third kappa shape index (κ3) is 8.40. The molecule has 1 aromatic carbocycles. The summed E-state index contributed by atoms with van der Waals surface area (Å²) >= 11 is 0. The number of carboxylic acid groups (broad SMARTS) is 1. The zero-order valence-electron chi connectivity index (χ0n) is 10.8. The third-order valence-corrected chi connectivity index (χ3v) is 2.47. The van der Waals surface area contributed by atoms with E-state index in [1.54, 1.807) is 12.1 Å². The Kier molecular flexibility index (Phi) is 8.91. The lowest BCUT2D eigenvalue weighted by molar-refractivity contribution is -0.137. The van der Waals surface area contributed by atoms with Crippen LogP contribution in [-0.4, -0.2) is 42.7 Å². The van der Waals surface area contributed by atoms with Crippen LogP contribution in [0.5, 0.6) is 5.75 Å². The Labute approximate surface area is 118 Å². The van der Waals surface area contributed by atoms with Crippen molar-refractivity contribution in [2.75, 3.05) is 26.7 Å². The fourth-order valence-corrected chi connectivity index (χ4v) is 1.45. The molecule has 0 aliphatic carbocycles. The molecule has 1 N–H and O–H groups in total. The monoisotopic (exact) mass is 291 g/mol. The van der Waals surface area contributed by atoms with Gasteiger partial charge in [0.15, 0.2) is 0 Å². The summed E-state index contributed by atoms with van der Waals surface area (Å²) in [4.78, 5) is 12.3. The van der Waals surface area contributed by atoms with E-state index in [9.17, 15) is 9.18 Å². The zero-order valence-corrected chi connectivity index (χ0v) is 11.7. The van der Waals surface area contributed by atoms with Crippen molar-refractivity contribution >= 4 is 18.4 Å². The Bertz CT molecular complexity index is 373. The van der Waals surface area contributed by atoms with Crippen molar-refractivity contribution in [3.05, 3.63) is 30.1 Å². The molecule has 0 heterocycles. The van der Waals surface area contributed by atoms with E-state index >= 15 is 0 Å². The van der Waals surface area contributed by atoms with Crippen molar-refractivity contribution in [1.82, 2.24) is 4.90 Å². The molecule has 6 heteroatoms. The van der Waals surface area contributed by atoms with Crippen molar-refractivity contribution in [2.45, 2.75) is 12.8 Å². The summed E-state index contributed by atoms with van der Waals surface area (Å²) in [6.07, 6.45) is 0.947. The van der Waals surface area contributed by atoms with Gasteiger partial charge in [0.25, 0.3) is 0 Å². The van der Waals surface area contributed by atoms with Crippen molar-refractivity contribution in [3.8, 4) is 5.75 Å². The van der Waals surface area contributed by atoms with Crippen LogP contribution in [0, 0.1) is 5.82 Å². The molecule has 1 aromatic rings. The predicted octanol–water partition coefficient (Wildman–Crippen LogP) is 2.42. The number of carboxylic acids is 1. The first-order valence-corrected chi connectivity index (χ1v) is 5.86. The van der Waals surface area contributed by atoms with Gasteiger partial charge in [0.1, 0.15) is 11.6 Å². The van der Waals surface area contributed by atoms with Crippen LogP contribution in [0.4, 0.5) is 4.39 Å². The lowest BCUT2D eigenvalue weighted by Gasteiger charge is -2.15. The van der Waals surface area contributed by atoms with E-state index in [0.29, 0.717) is 18.9 Å². The normalized spacial score (nSPS) is 10.1. The number of halogens is 2. The Balaban J connectivity index is 0.00000324. The molecule has 1 rings (SSSR count). The third-order valence-electron chi connectivity index (χ3n) is 2.47. The summed E-state index contributed by atoms with van der Waals surface area (Å²) in [5, 5.41) is 8.52. The lowest BCUT2D eigenvalue weighted by Crippen LogP contribution is -2.24. The maximum absolute atomic E-state index is 12.6. The van der Waals surface area contributed by atoms with E-state index in [2.05, 4.69) is 0 Å². The predicted molar refractivity (Wildman–Crippen MR) is 73.5 cm³/mol. The molecule has 0 radical (unpaired) electrons. The molecule has 4 nitrogen and oxygen atoms in total. The highest BCUT2D eigenvalue weighted by Crippen LogP contribution is 2.11. The maximum atomic E-state index is 12.6. The van der Waals surface area contributed by atoms with E-state index in [1.165, 1.54) is 12.1 Å². The van der Waals surface area contributed by atoms with Gasteiger partial charge < -0.3 is 14.7 Å². The minimum atomic E-state index is -0.788. The van der Waals surface area contributed by atoms with Crippen LogP contribution in [0.1, 0.15) is 12.8 Å². The highest BCUT2D eigenvalue weighted by Gasteiger charge is 2.02. The number of carbonyl (C=O) groups is 1. The largest absolute Gasteiger partial charge is 0.494 e. The van der Waals surface area contributed by atoms with Gasteiger partial charge in [-0.05, 0) is 37.7 Å². The van der Waals surface area contributed by atoms with Gasteiger partial charge in [0, 0.05) is 13.1 Å². The summed E-state index contributed by atoms with van der Waals surface area (Å²) in [7, 11) is 1.88. The van der Waals surface area contributed by atoms with Gasteiger partial charge in [0.05, 0.1) is 13.0 Å². The molecule has 0 aliphatic heterocycles. The zero-order chi connectivity index (χ0) is 13.4. The molecule has 0 atom stereocenters. The number of ether oxygens (including phenoxy) is 1. The van der Waals surface area contributed by atoms with Gasteiger partial charge in [0.2, 0.25) is 0 Å². The minimum absolute atomic E-state index is 0. The molecule has 0 saturated heterocycles. The number of hydrogen-bond donors (Lipinski definition) is 1. The number of benzene rings is 1. The van der Waals surface area contributed by atoms with Gasteiger partial charge in [-0.3, -0.25) is 4.79 Å². The second-order valence-corrected chi connectivity index (χ2v) is 4.10. The Morgan fingerprint density at radius 2 is 1.95 bits per heavy atom. The first-order valence-electron chi connectivity index (χ1n) is 5.86. The molecular formula is C13H19ClFNO3. The number of aliphatic carboxylic acids is 1. The van der Waals surface area contributed by atoms with E-state index < -0.39 is 5.97 Å². The standard InChI is InChI=1S/C13H18FNO3.ClH/c1-15(9-7-13(16)17)8-2-10-18-12-5-3-11(14)4-6-12;/h3-6H,2,7-10H2,1H3,(H,16,17);1H. The molecule has 0 unspecified atom stereocenters. The second kappa shape index (κ2) is 9.58. The maximum Gasteiger partial charge on any atom is 0.304 e. The first kappa shape index (κ1) is 17.7. The number of nitrogens with zero attached hydrogens (tertiary/aromatic N) is 1. The van der Waals surface area contributed by atoms with E-state index in [-0.39, 0.29) is 24.6 Å². The van der Waals surface area contributed by atoms with Gasteiger partial charge >= 0.3 is 5.97 Å². The summed E-state index contributed by atoms with van der Waals surface area (Å²) in [6.45, 7) is 1.84. The van der Waals surface area contributed by atoms with E-state index in [1.807, 2.05) is 11.9 Å². The Morgan fingerprint density at radius 3 is 2.53 bits per heavy atom. The number of rotatable bonds is 8. The lowest BCUT2D eigenvalue weighted by atomic mass is 10.3. The van der Waals surface area contributed by atoms with E-state index in [4.69, 9.17) is 9.84 Å². The van der Waals surface area contributed by atoms with Crippen LogP contribution < -0.4 is 4.74 Å². The van der Waals surface area contributed by atoms with Crippen LogP contribution in [0.25, 0.3) is 0 Å². The van der Waals surface area contributed by atoms with E-state index in [0.717, 1.165) is 13.0 Å². The number of hydrogen-bond acceptors (Lipinski definition) is 3. The van der Waals surface area contributed by atoms with Crippen LogP contribution in [0.2, 0.25) is 0 Å². The summed E-state index contributed by atoms with van der Waals surface area (Å²) in [6, 6.07) is 5.88. The van der Waals surface area contributed by atoms with Crippen molar-refractivity contribution in [3.63, 3.8) is 0 Å². The average molecular weight is 292 g/mol. The average Bonchev–Trinajstić information content (AvgIpc) is 2.34. The summed E-state index contributed by atoms with van der Waals surface area (Å²) in [5.41, 5.74) is 0. The first-order chi connectivity index (χ1) is 8.58. The van der Waals surface area contributed by atoms with Gasteiger partial charge in [-0.1, -0.05) is 0 Å². The van der Waals surface area contributed by atoms with Crippen LogP contribution in [0.3, 0.4) is 0 Å². The smallest absolute Gasteiger partial charge is 0.304 e. The van der Waals surface area contributed by atoms with Crippen LogP contribution in [-0.2, 0) is 4.79 Å². The quantitative estimate of drug-likeness (QED) is 0.747. The molecule has 108 valence electrons. The van der Waals surface area contributed by atoms with Crippen molar-refractivity contribution < 1.29 is 19.0 Å². The molecule has 0 amide bonds. The highest BCUT2D eigenvalue weighted by molar-refractivity contribution is 5.85. The minimum Gasteiger partial charge on any atom is -0.494 e. The molecule has 0 saturated carbocycles. The molecule has 0 aliphatic rings. The fraction of sp³-hybridized carbons (Fsp3) is 0.462. The fourth-order valence-electron chi connectivity index (χ4n) is 1.45. The Hall–Kier alpha value is -1.33. The molecule has 0 fully saturated rings. The van der Waals surface area contributed by atoms with Gasteiger partial charge in [-0.2, -0.15) is 0 Å². The van der Waals surface area contributed by atoms with Crippen LogP contribution >= 0.6 is 12.4 Å². The second-order valence-electron chi connectivity index (χ2n) is 4.10. The highest BCUT2D eigenvalue weighted by atomic mass is 35.5. The molecule has 19 heavy (non-hydrogen) atoms.